The SMILES string of the molecule is CCCCCCCC(=O)N/N=C/c1ccc(Cl)c(Cl)c1. The van der Waals surface area contributed by atoms with Crippen molar-refractivity contribution in [1.29, 1.82) is 0 Å². The summed E-state index contributed by atoms with van der Waals surface area (Å²) in [5, 5.41) is 4.87. The van der Waals surface area contributed by atoms with Gasteiger partial charge in [-0.25, -0.2) is 5.43 Å². The van der Waals surface area contributed by atoms with E-state index in [0.29, 0.717) is 16.5 Å². The van der Waals surface area contributed by atoms with E-state index in [1.54, 1.807) is 24.4 Å². The minimum Gasteiger partial charge on any atom is -0.273 e. The van der Waals surface area contributed by atoms with E-state index < -0.39 is 0 Å². The molecule has 0 saturated heterocycles. The molecule has 0 unspecified atom stereocenters. The van der Waals surface area contributed by atoms with Crippen LogP contribution >= 0.6 is 23.2 Å². The highest BCUT2D eigenvalue weighted by Crippen LogP contribution is 2.21. The minimum absolute atomic E-state index is 0.0576. The number of amides is 1. The van der Waals surface area contributed by atoms with Crippen LogP contribution in [-0.2, 0) is 4.79 Å². The summed E-state index contributed by atoms with van der Waals surface area (Å²) in [4.78, 5) is 11.5. The molecule has 5 heteroatoms. The second-order valence-corrected chi connectivity index (χ2v) is 5.45. The van der Waals surface area contributed by atoms with Crippen molar-refractivity contribution in [2.24, 2.45) is 5.10 Å². The summed E-state index contributed by atoms with van der Waals surface area (Å²) in [5.41, 5.74) is 3.30. The molecule has 0 aliphatic heterocycles. The van der Waals surface area contributed by atoms with E-state index in [-0.39, 0.29) is 5.91 Å². The molecule has 1 aromatic carbocycles. The van der Waals surface area contributed by atoms with Gasteiger partial charge >= 0.3 is 0 Å². The summed E-state index contributed by atoms with van der Waals surface area (Å²) < 4.78 is 0. The van der Waals surface area contributed by atoms with Crippen molar-refractivity contribution < 1.29 is 4.79 Å². The van der Waals surface area contributed by atoms with Gasteiger partial charge in [-0.15, -0.1) is 0 Å². The molecule has 1 rings (SSSR count). The largest absolute Gasteiger partial charge is 0.273 e. The van der Waals surface area contributed by atoms with Crippen molar-refractivity contribution in [2.45, 2.75) is 45.4 Å². The summed E-state index contributed by atoms with van der Waals surface area (Å²) in [6, 6.07) is 5.18. The van der Waals surface area contributed by atoms with Gasteiger partial charge in [-0.1, -0.05) is 61.9 Å². The Kier molecular flexibility index (Phi) is 8.31. The summed E-state index contributed by atoms with van der Waals surface area (Å²) in [5.74, 6) is -0.0576. The molecule has 0 radical (unpaired) electrons. The van der Waals surface area contributed by atoms with Gasteiger partial charge in [0.25, 0.3) is 0 Å². The van der Waals surface area contributed by atoms with E-state index in [1.165, 1.54) is 19.3 Å². The van der Waals surface area contributed by atoms with Crippen molar-refractivity contribution in [2.75, 3.05) is 0 Å². The lowest BCUT2D eigenvalue weighted by Crippen LogP contribution is -2.16. The first-order chi connectivity index (χ1) is 9.63. The number of carbonyl (C=O) groups excluding carboxylic acids is 1. The lowest BCUT2D eigenvalue weighted by molar-refractivity contribution is -0.121. The highest BCUT2D eigenvalue weighted by Gasteiger charge is 2.00. The topological polar surface area (TPSA) is 41.5 Å². The highest BCUT2D eigenvalue weighted by molar-refractivity contribution is 6.42. The van der Waals surface area contributed by atoms with Crippen LogP contribution in [0.2, 0.25) is 10.0 Å². The third-order valence-corrected chi connectivity index (χ3v) is 3.59. The average Bonchev–Trinajstić information content (AvgIpc) is 2.42. The second kappa shape index (κ2) is 9.78. The molecule has 0 aliphatic rings. The quantitative estimate of drug-likeness (QED) is 0.418. The second-order valence-electron chi connectivity index (χ2n) is 4.63. The third kappa shape index (κ3) is 6.92. The fraction of sp³-hybridized carbons (Fsp3) is 0.467. The van der Waals surface area contributed by atoms with Gasteiger partial charge in [-0.05, 0) is 24.1 Å². The predicted molar refractivity (Wildman–Crippen MR) is 85.6 cm³/mol. The van der Waals surface area contributed by atoms with E-state index in [0.717, 1.165) is 18.4 Å². The zero-order chi connectivity index (χ0) is 14.8. The molecule has 3 nitrogen and oxygen atoms in total. The molecular weight excluding hydrogens is 295 g/mol. The van der Waals surface area contributed by atoms with Gasteiger partial charge in [0.15, 0.2) is 0 Å². The molecule has 20 heavy (non-hydrogen) atoms. The Labute approximate surface area is 130 Å². The number of rotatable bonds is 8. The van der Waals surface area contributed by atoms with Crippen LogP contribution < -0.4 is 5.43 Å². The molecular formula is C15H20Cl2N2O. The third-order valence-electron chi connectivity index (χ3n) is 2.85. The fourth-order valence-corrected chi connectivity index (χ4v) is 2.02. The molecule has 1 aromatic rings. The number of hydrogen-bond acceptors (Lipinski definition) is 2. The molecule has 0 fully saturated rings. The van der Waals surface area contributed by atoms with E-state index >= 15 is 0 Å². The molecule has 0 bridgehead atoms. The first-order valence-electron chi connectivity index (χ1n) is 6.90. The number of hydrazone groups is 1. The normalized spacial score (nSPS) is 10.9. The summed E-state index contributed by atoms with van der Waals surface area (Å²) in [7, 11) is 0. The van der Waals surface area contributed by atoms with Crippen molar-refractivity contribution in [3.8, 4) is 0 Å². The Hall–Kier alpha value is -1.06. The summed E-state index contributed by atoms with van der Waals surface area (Å²) in [6.07, 6.45) is 7.71. The number of nitrogens with zero attached hydrogens (tertiary/aromatic N) is 1. The van der Waals surface area contributed by atoms with Crippen molar-refractivity contribution in [3.05, 3.63) is 33.8 Å². The van der Waals surface area contributed by atoms with Gasteiger partial charge in [0.2, 0.25) is 5.91 Å². The Balaban J connectivity index is 2.26. The molecule has 0 saturated carbocycles. The minimum atomic E-state index is -0.0576. The smallest absolute Gasteiger partial charge is 0.240 e. The number of benzene rings is 1. The number of halogens is 2. The monoisotopic (exact) mass is 314 g/mol. The summed E-state index contributed by atoms with van der Waals surface area (Å²) >= 11 is 11.7. The van der Waals surface area contributed by atoms with Crippen LogP contribution in [0.5, 0.6) is 0 Å². The van der Waals surface area contributed by atoms with Gasteiger partial charge in [-0.2, -0.15) is 5.10 Å². The first-order valence-corrected chi connectivity index (χ1v) is 7.66. The molecule has 110 valence electrons. The molecule has 0 heterocycles. The van der Waals surface area contributed by atoms with Gasteiger partial charge in [0.1, 0.15) is 0 Å². The number of unbranched alkanes of at least 4 members (excludes halogenated alkanes) is 4. The molecule has 0 aromatic heterocycles. The van der Waals surface area contributed by atoms with Crippen LogP contribution in [0.25, 0.3) is 0 Å². The molecule has 1 amide bonds. The lowest BCUT2D eigenvalue weighted by Gasteiger charge is -2.00. The van der Waals surface area contributed by atoms with Gasteiger partial charge < -0.3 is 0 Å². The van der Waals surface area contributed by atoms with Gasteiger partial charge in [0.05, 0.1) is 16.3 Å². The zero-order valence-electron chi connectivity index (χ0n) is 11.7. The molecule has 1 N–H and O–H groups in total. The maximum absolute atomic E-state index is 11.5. The molecule has 0 aliphatic carbocycles. The number of nitrogens with one attached hydrogen (secondary N) is 1. The maximum atomic E-state index is 11.5. The Morgan fingerprint density at radius 1 is 1.20 bits per heavy atom. The van der Waals surface area contributed by atoms with Crippen molar-refractivity contribution in [1.82, 2.24) is 5.43 Å². The van der Waals surface area contributed by atoms with E-state index in [9.17, 15) is 4.79 Å². The Bertz CT molecular complexity index is 461. The van der Waals surface area contributed by atoms with Gasteiger partial charge in [-0.3, -0.25) is 4.79 Å². The Morgan fingerprint density at radius 2 is 1.95 bits per heavy atom. The first kappa shape index (κ1) is 17.0. The Morgan fingerprint density at radius 3 is 2.65 bits per heavy atom. The highest BCUT2D eigenvalue weighted by atomic mass is 35.5. The van der Waals surface area contributed by atoms with Crippen LogP contribution in [0.3, 0.4) is 0 Å². The standard InChI is InChI=1S/C15H20Cl2N2O/c1-2-3-4-5-6-7-15(20)19-18-11-12-8-9-13(16)14(17)10-12/h8-11H,2-7H2,1H3,(H,19,20)/b18-11+. The fourth-order valence-electron chi connectivity index (χ4n) is 1.72. The van der Waals surface area contributed by atoms with Crippen LogP contribution in [0.15, 0.2) is 23.3 Å². The average molecular weight is 315 g/mol. The summed E-state index contributed by atoms with van der Waals surface area (Å²) in [6.45, 7) is 2.17. The van der Waals surface area contributed by atoms with E-state index in [4.69, 9.17) is 23.2 Å². The van der Waals surface area contributed by atoms with Crippen LogP contribution in [0.4, 0.5) is 0 Å². The zero-order valence-corrected chi connectivity index (χ0v) is 13.2. The van der Waals surface area contributed by atoms with E-state index in [2.05, 4.69) is 17.5 Å². The van der Waals surface area contributed by atoms with E-state index in [1.807, 2.05) is 0 Å². The van der Waals surface area contributed by atoms with Gasteiger partial charge in [0, 0.05) is 6.42 Å². The maximum Gasteiger partial charge on any atom is 0.240 e. The molecule has 0 atom stereocenters. The predicted octanol–water partition coefficient (Wildman–Crippen LogP) is 4.80. The lowest BCUT2D eigenvalue weighted by atomic mass is 10.1. The number of hydrogen-bond donors (Lipinski definition) is 1. The van der Waals surface area contributed by atoms with Crippen LogP contribution in [-0.4, -0.2) is 12.1 Å². The van der Waals surface area contributed by atoms with Crippen LogP contribution in [0, 0.1) is 0 Å². The van der Waals surface area contributed by atoms with Crippen LogP contribution in [0.1, 0.15) is 51.0 Å². The van der Waals surface area contributed by atoms with Crippen molar-refractivity contribution in [3.63, 3.8) is 0 Å². The van der Waals surface area contributed by atoms with Crippen molar-refractivity contribution >= 4 is 35.3 Å². The number of carbonyl (C=O) groups is 1. The molecule has 0 spiro atoms.